The molecule has 8 nitrogen and oxygen atoms in total. The Morgan fingerprint density at radius 3 is 2.79 bits per heavy atom. The van der Waals surface area contributed by atoms with E-state index in [1.807, 2.05) is 51.1 Å². The summed E-state index contributed by atoms with van der Waals surface area (Å²) in [7, 11) is 0. The average molecular weight is 391 g/mol. The van der Waals surface area contributed by atoms with Crippen molar-refractivity contribution in [1.82, 2.24) is 25.1 Å². The molecule has 4 aromatic rings. The van der Waals surface area contributed by atoms with Gasteiger partial charge in [-0.1, -0.05) is 39.0 Å². The molecule has 3 aromatic heterocycles. The van der Waals surface area contributed by atoms with Crippen molar-refractivity contribution in [3.05, 3.63) is 65.6 Å². The topological polar surface area (TPSA) is 101 Å². The fraction of sp³-hybridized carbons (Fsp3) is 0.333. The second-order valence-electron chi connectivity index (χ2n) is 8.27. The molecular formula is C21H21N5O3. The predicted octanol–water partition coefficient (Wildman–Crippen LogP) is 3.62. The van der Waals surface area contributed by atoms with Crippen molar-refractivity contribution in [2.45, 2.75) is 38.6 Å². The first-order valence-corrected chi connectivity index (χ1v) is 9.57. The molecule has 1 amide bonds. The van der Waals surface area contributed by atoms with Crippen molar-refractivity contribution in [3.63, 3.8) is 0 Å². The van der Waals surface area contributed by atoms with Gasteiger partial charge in [0.15, 0.2) is 0 Å². The van der Waals surface area contributed by atoms with Gasteiger partial charge in [0.25, 0.3) is 0 Å². The van der Waals surface area contributed by atoms with Crippen molar-refractivity contribution in [1.29, 1.82) is 0 Å². The zero-order valence-corrected chi connectivity index (χ0v) is 16.5. The molecule has 0 saturated heterocycles. The number of H-pyrrole nitrogens is 1. The Bertz CT molecular complexity index is 1160. The van der Waals surface area contributed by atoms with Crippen LogP contribution in [-0.4, -0.2) is 37.5 Å². The third-order valence-electron chi connectivity index (χ3n) is 5.15. The van der Waals surface area contributed by atoms with Crippen molar-refractivity contribution in [2.75, 3.05) is 6.54 Å². The standard InChI is InChI=1S/C21H21N5O3/c1-21(2,3)20-25-24-18(29-20)19(27)26-9-8-13-16(23-11-22-13)17(26)15-10-12-6-4-5-7-14(12)28-15/h4-7,10-11,17H,8-9H2,1-3H3,(H,22,23)/t17-/m1/s1. The number of hydrogen-bond acceptors (Lipinski definition) is 6. The minimum atomic E-state index is -0.463. The summed E-state index contributed by atoms with van der Waals surface area (Å²) in [5.41, 5.74) is 2.21. The maximum absolute atomic E-state index is 13.3. The van der Waals surface area contributed by atoms with Crippen LogP contribution >= 0.6 is 0 Å². The SMILES string of the molecule is CC(C)(C)c1nnc(C(=O)N2CCc3[nH]cnc3[C@H]2c2cc3ccccc3o2)o1. The first kappa shape index (κ1) is 17.7. The highest BCUT2D eigenvalue weighted by atomic mass is 16.4. The summed E-state index contributed by atoms with van der Waals surface area (Å²) in [6.45, 7) is 6.37. The Hall–Kier alpha value is -3.42. The van der Waals surface area contributed by atoms with Gasteiger partial charge in [0, 0.05) is 29.5 Å². The van der Waals surface area contributed by atoms with Gasteiger partial charge >= 0.3 is 11.8 Å². The summed E-state index contributed by atoms with van der Waals surface area (Å²) >= 11 is 0. The summed E-state index contributed by atoms with van der Waals surface area (Å²) < 4.78 is 11.8. The lowest BCUT2D eigenvalue weighted by Gasteiger charge is -2.32. The molecule has 1 aromatic carbocycles. The van der Waals surface area contributed by atoms with Gasteiger partial charge in [-0.3, -0.25) is 4.79 Å². The molecule has 0 bridgehead atoms. The van der Waals surface area contributed by atoms with Crippen LogP contribution in [0.3, 0.4) is 0 Å². The first-order valence-electron chi connectivity index (χ1n) is 9.57. The monoisotopic (exact) mass is 391 g/mol. The molecule has 29 heavy (non-hydrogen) atoms. The van der Waals surface area contributed by atoms with E-state index in [4.69, 9.17) is 8.83 Å². The number of aromatic nitrogens is 4. The smallest absolute Gasteiger partial charge is 0.312 e. The van der Waals surface area contributed by atoms with E-state index >= 15 is 0 Å². The molecule has 0 spiro atoms. The maximum atomic E-state index is 13.3. The van der Waals surface area contributed by atoms with E-state index in [1.54, 1.807) is 11.2 Å². The third-order valence-corrected chi connectivity index (χ3v) is 5.15. The van der Waals surface area contributed by atoms with Gasteiger partial charge in [-0.05, 0) is 12.1 Å². The van der Waals surface area contributed by atoms with Crippen LogP contribution in [0.2, 0.25) is 0 Å². The molecule has 0 fully saturated rings. The molecule has 1 aliphatic rings. The normalized spacial score (nSPS) is 16.9. The number of imidazole rings is 1. The molecule has 0 radical (unpaired) electrons. The number of amides is 1. The van der Waals surface area contributed by atoms with Crippen molar-refractivity contribution >= 4 is 16.9 Å². The van der Waals surface area contributed by atoms with Gasteiger partial charge in [0.05, 0.1) is 12.0 Å². The van der Waals surface area contributed by atoms with E-state index in [0.717, 1.165) is 22.4 Å². The number of hydrogen-bond donors (Lipinski definition) is 1. The zero-order chi connectivity index (χ0) is 20.2. The van der Waals surface area contributed by atoms with E-state index in [2.05, 4.69) is 20.2 Å². The van der Waals surface area contributed by atoms with E-state index in [9.17, 15) is 4.79 Å². The lowest BCUT2D eigenvalue weighted by atomic mass is 9.97. The van der Waals surface area contributed by atoms with Crippen molar-refractivity contribution in [2.24, 2.45) is 0 Å². The highest BCUT2D eigenvalue weighted by Gasteiger charge is 2.39. The highest BCUT2D eigenvalue weighted by molar-refractivity contribution is 5.90. The number of carbonyl (C=O) groups excluding carboxylic acids is 1. The molecule has 0 saturated carbocycles. The minimum Gasteiger partial charge on any atom is -0.458 e. The highest BCUT2D eigenvalue weighted by Crippen LogP contribution is 2.37. The van der Waals surface area contributed by atoms with Gasteiger partial charge in [-0.15, -0.1) is 10.2 Å². The van der Waals surface area contributed by atoms with E-state index in [-0.39, 0.29) is 17.2 Å². The van der Waals surface area contributed by atoms with Crippen LogP contribution in [0.1, 0.15) is 60.5 Å². The van der Waals surface area contributed by atoms with E-state index < -0.39 is 6.04 Å². The van der Waals surface area contributed by atoms with E-state index in [1.165, 1.54) is 0 Å². The third kappa shape index (κ3) is 2.91. The maximum Gasteiger partial charge on any atom is 0.312 e. The molecule has 1 N–H and O–H groups in total. The molecule has 1 atom stereocenters. The van der Waals surface area contributed by atoms with Crippen LogP contribution in [0, 0.1) is 0 Å². The van der Waals surface area contributed by atoms with Gasteiger partial charge in [0.2, 0.25) is 5.89 Å². The Labute approximate surface area is 166 Å². The Balaban J connectivity index is 1.57. The second kappa shape index (κ2) is 6.30. The molecule has 8 heteroatoms. The van der Waals surface area contributed by atoms with Crippen LogP contribution in [-0.2, 0) is 11.8 Å². The fourth-order valence-corrected chi connectivity index (χ4v) is 3.66. The van der Waals surface area contributed by atoms with E-state index in [0.29, 0.717) is 24.6 Å². The molecule has 148 valence electrons. The van der Waals surface area contributed by atoms with Gasteiger partial charge in [0.1, 0.15) is 17.4 Å². The van der Waals surface area contributed by atoms with Crippen LogP contribution in [0.25, 0.3) is 11.0 Å². The summed E-state index contributed by atoms with van der Waals surface area (Å²) in [4.78, 5) is 22.7. The summed E-state index contributed by atoms with van der Waals surface area (Å²) in [6.07, 6.45) is 2.32. The van der Waals surface area contributed by atoms with Crippen LogP contribution in [0.15, 0.2) is 45.5 Å². The Morgan fingerprint density at radius 2 is 2.03 bits per heavy atom. The lowest BCUT2D eigenvalue weighted by Crippen LogP contribution is -2.40. The molecule has 0 aliphatic carbocycles. The number of para-hydroxylation sites is 1. The number of aromatic amines is 1. The molecule has 4 heterocycles. The minimum absolute atomic E-state index is 0.0185. The quantitative estimate of drug-likeness (QED) is 0.560. The number of nitrogens with one attached hydrogen (secondary N) is 1. The largest absolute Gasteiger partial charge is 0.458 e. The van der Waals surface area contributed by atoms with Crippen LogP contribution < -0.4 is 0 Å². The number of furan rings is 1. The van der Waals surface area contributed by atoms with Crippen molar-refractivity contribution < 1.29 is 13.6 Å². The van der Waals surface area contributed by atoms with Crippen LogP contribution in [0.5, 0.6) is 0 Å². The zero-order valence-electron chi connectivity index (χ0n) is 16.5. The van der Waals surface area contributed by atoms with Crippen LogP contribution in [0.4, 0.5) is 0 Å². The number of carbonyl (C=O) groups is 1. The summed E-state index contributed by atoms with van der Waals surface area (Å²) in [5.74, 6) is 0.740. The Kier molecular flexibility index (Phi) is 3.84. The fourth-order valence-electron chi connectivity index (χ4n) is 3.66. The Morgan fingerprint density at radius 1 is 1.21 bits per heavy atom. The second-order valence-corrected chi connectivity index (χ2v) is 8.27. The lowest BCUT2D eigenvalue weighted by molar-refractivity contribution is 0.0628. The van der Waals surface area contributed by atoms with Gasteiger partial charge < -0.3 is 18.7 Å². The first-order chi connectivity index (χ1) is 13.9. The molecule has 1 aliphatic heterocycles. The summed E-state index contributed by atoms with van der Waals surface area (Å²) in [5, 5.41) is 9.04. The number of benzene rings is 1. The average Bonchev–Trinajstić information content (AvgIpc) is 3.44. The van der Waals surface area contributed by atoms with Gasteiger partial charge in [-0.25, -0.2) is 4.98 Å². The number of nitrogens with zero attached hydrogens (tertiary/aromatic N) is 4. The molecule has 5 rings (SSSR count). The van der Waals surface area contributed by atoms with Crippen molar-refractivity contribution in [3.8, 4) is 0 Å². The number of fused-ring (bicyclic) bond motifs is 2. The number of rotatable bonds is 2. The summed E-state index contributed by atoms with van der Waals surface area (Å²) in [6, 6.07) is 9.26. The van der Waals surface area contributed by atoms with Gasteiger partial charge in [-0.2, -0.15) is 0 Å². The predicted molar refractivity (Wildman–Crippen MR) is 104 cm³/mol. The molecular weight excluding hydrogens is 370 g/mol. The molecule has 0 unspecified atom stereocenters.